The molecule has 2 fully saturated rings. The number of hydrogen-bond acceptors (Lipinski definition) is 5. The van der Waals surface area contributed by atoms with Gasteiger partial charge in [-0.15, -0.1) is 0 Å². The van der Waals surface area contributed by atoms with Gasteiger partial charge in [0.1, 0.15) is 18.0 Å². The molecule has 2 atom stereocenters. The van der Waals surface area contributed by atoms with Crippen molar-refractivity contribution in [1.29, 1.82) is 0 Å². The molecule has 0 aromatic heterocycles. The van der Waals surface area contributed by atoms with Crippen molar-refractivity contribution in [1.82, 2.24) is 5.32 Å². The smallest absolute Gasteiger partial charge is 0.156 e. The van der Waals surface area contributed by atoms with Gasteiger partial charge in [-0.3, -0.25) is 0 Å². The van der Waals surface area contributed by atoms with Gasteiger partial charge in [0.25, 0.3) is 0 Å². The molecular weight excluding hydrogens is 290 g/mol. The lowest BCUT2D eigenvalue weighted by molar-refractivity contribution is 0.0730. The lowest BCUT2D eigenvalue weighted by Gasteiger charge is -2.19. The molecule has 5 nitrogen and oxygen atoms in total. The number of rotatable bonds is 5. The minimum atomic E-state index is -3.19. The number of sulfone groups is 1. The lowest BCUT2D eigenvalue weighted by Crippen LogP contribution is -2.30. The fourth-order valence-corrected chi connectivity index (χ4v) is 4.24. The molecule has 0 spiro atoms. The van der Waals surface area contributed by atoms with Crippen LogP contribution in [0, 0.1) is 6.92 Å². The average Bonchev–Trinajstić information content (AvgIpc) is 3.17. The van der Waals surface area contributed by atoms with E-state index in [1.807, 2.05) is 25.1 Å². The van der Waals surface area contributed by atoms with Crippen LogP contribution in [0.2, 0.25) is 0 Å². The van der Waals surface area contributed by atoms with E-state index in [0.717, 1.165) is 11.1 Å². The van der Waals surface area contributed by atoms with E-state index < -0.39 is 22.0 Å². The molecule has 0 amide bonds. The zero-order valence-electron chi connectivity index (χ0n) is 12.1. The van der Waals surface area contributed by atoms with Crippen LogP contribution < -0.4 is 10.1 Å². The van der Waals surface area contributed by atoms with Gasteiger partial charge in [-0.05, 0) is 25.8 Å². The van der Waals surface area contributed by atoms with Crippen molar-refractivity contribution in [3.8, 4) is 5.75 Å². The highest BCUT2D eigenvalue weighted by Crippen LogP contribution is 2.26. The second kappa shape index (κ2) is 5.59. The van der Waals surface area contributed by atoms with E-state index in [1.54, 1.807) is 0 Å². The Morgan fingerprint density at radius 2 is 2.10 bits per heavy atom. The van der Waals surface area contributed by atoms with Crippen molar-refractivity contribution in [2.75, 3.05) is 11.5 Å². The number of hydrogen-bond donors (Lipinski definition) is 2. The number of aliphatic hydroxyl groups excluding tert-OH is 1. The fraction of sp³-hybridized carbons (Fsp3) is 0.600. The average molecular weight is 311 g/mol. The van der Waals surface area contributed by atoms with Crippen LogP contribution in [0.25, 0.3) is 0 Å². The summed E-state index contributed by atoms with van der Waals surface area (Å²) < 4.78 is 28.9. The largest absolute Gasteiger partial charge is 0.486 e. The summed E-state index contributed by atoms with van der Waals surface area (Å²) in [5.41, 5.74) is 2.15. The van der Waals surface area contributed by atoms with Crippen LogP contribution in [0.4, 0.5) is 0 Å². The molecular formula is C15H21NO4S. The Labute approximate surface area is 125 Å². The number of aryl methyl sites for hydroxylation is 1. The highest BCUT2D eigenvalue weighted by Gasteiger charge is 2.38. The third kappa shape index (κ3) is 3.75. The molecule has 1 heterocycles. The van der Waals surface area contributed by atoms with Gasteiger partial charge in [0.2, 0.25) is 0 Å². The highest BCUT2D eigenvalue weighted by molar-refractivity contribution is 7.91. The van der Waals surface area contributed by atoms with Crippen LogP contribution in [0.15, 0.2) is 18.2 Å². The van der Waals surface area contributed by atoms with Crippen molar-refractivity contribution in [3.05, 3.63) is 29.3 Å². The first kappa shape index (κ1) is 14.8. The summed E-state index contributed by atoms with van der Waals surface area (Å²) >= 11 is 0. The Kier molecular flexibility index (Phi) is 3.94. The Hall–Kier alpha value is -1.11. The molecule has 0 bridgehead atoms. The number of ether oxygens (including phenoxy) is 1. The Morgan fingerprint density at radius 1 is 1.33 bits per heavy atom. The van der Waals surface area contributed by atoms with Gasteiger partial charge in [-0.25, -0.2) is 8.42 Å². The predicted octanol–water partition coefficient (Wildman–Crippen LogP) is 0.784. The van der Waals surface area contributed by atoms with Crippen LogP contribution in [-0.2, 0) is 16.4 Å². The minimum absolute atomic E-state index is 0.114. The summed E-state index contributed by atoms with van der Waals surface area (Å²) in [6.45, 7) is 2.72. The maximum absolute atomic E-state index is 11.6. The van der Waals surface area contributed by atoms with Crippen LogP contribution in [-0.4, -0.2) is 43.3 Å². The molecule has 1 aromatic carbocycles. The summed E-state index contributed by atoms with van der Waals surface area (Å²) in [5, 5.41) is 13.3. The fourth-order valence-electron chi connectivity index (χ4n) is 2.58. The Bertz CT molecular complexity index is 625. The van der Waals surface area contributed by atoms with Gasteiger partial charge < -0.3 is 15.2 Å². The van der Waals surface area contributed by atoms with E-state index in [1.165, 1.54) is 12.8 Å². The zero-order valence-corrected chi connectivity index (χ0v) is 12.9. The molecule has 6 heteroatoms. The quantitative estimate of drug-likeness (QED) is 0.840. The van der Waals surface area contributed by atoms with Crippen LogP contribution >= 0.6 is 0 Å². The van der Waals surface area contributed by atoms with Crippen LogP contribution in [0.1, 0.15) is 24.0 Å². The minimum Gasteiger partial charge on any atom is -0.486 e. The van der Waals surface area contributed by atoms with E-state index in [4.69, 9.17) is 4.74 Å². The normalized spacial score (nSPS) is 27.7. The standard InChI is InChI=1S/C15H21NO4S/c1-10-2-5-14(11(6-10)7-16-12-3-4-12)20-15-9-21(18,19)8-13(15)17/h2,5-6,12-13,15-17H,3-4,7-9H2,1H3. The topological polar surface area (TPSA) is 75.6 Å². The first-order chi connectivity index (χ1) is 9.93. The van der Waals surface area contributed by atoms with E-state index in [0.29, 0.717) is 18.3 Å². The molecule has 1 saturated heterocycles. The van der Waals surface area contributed by atoms with Gasteiger partial charge in [-0.2, -0.15) is 0 Å². The van der Waals surface area contributed by atoms with Gasteiger partial charge in [-0.1, -0.05) is 17.7 Å². The van der Waals surface area contributed by atoms with Crippen LogP contribution in [0.5, 0.6) is 5.75 Å². The molecule has 2 N–H and O–H groups in total. The molecule has 3 rings (SSSR count). The Balaban J connectivity index is 1.74. The first-order valence-corrected chi connectivity index (χ1v) is 9.13. The molecule has 2 unspecified atom stereocenters. The third-order valence-corrected chi connectivity index (χ3v) is 5.61. The van der Waals surface area contributed by atoms with Gasteiger partial charge >= 0.3 is 0 Å². The molecule has 116 valence electrons. The lowest BCUT2D eigenvalue weighted by atomic mass is 10.1. The zero-order chi connectivity index (χ0) is 15.0. The molecule has 1 saturated carbocycles. The molecule has 1 aromatic rings. The molecule has 2 aliphatic rings. The van der Waals surface area contributed by atoms with E-state index in [-0.39, 0.29) is 11.5 Å². The second-order valence-electron chi connectivity index (χ2n) is 6.07. The maximum atomic E-state index is 11.6. The number of nitrogens with one attached hydrogen (secondary N) is 1. The first-order valence-electron chi connectivity index (χ1n) is 7.31. The number of aliphatic hydroxyl groups is 1. The maximum Gasteiger partial charge on any atom is 0.156 e. The molecule has 1 aliphatic carbocycles. The van der Waals surface area contributed by atoms with Crippen molar-refractivity contribution in [2.24, 2.45) is 0 Å². The summed E-state index contributed by atoms with van der Waals surface area (Å²) in [5.74, 6) is 0.339. The van der Waals surface area contributed by atoms with Crippen molar-refractivity contribution < 1.29 is 18.3 Å². The summed E-state index contributed by atoms with van der Waals surface area (Å²) in [7, 11) is -3.19. The van der Waals surface area contributed by atoms with Crippen LogP contribution in [0.3, 0.4) is 0 Å². The molecule has 21 heavy (non-hydrogen) atoms. The summed E-state index contributed by atoms with van der Waals surface area (Å²) in [6.07, 6.45) is 0.807. The molecule has 0 radical (unpaired) electrons. The highest BCUT2D eigenvalue weighted by atomic mass is 32.2. The second-order valence-corrected chi connectivity index (χ2v) is 8.22. The van der Waals surface area contributed by atoms with Gasteiger partial charge in [0.05, 0.1) is 11.5 Å². The third-order valence-electron chi connectivity index (χ3n) is 3.92. The van der Waals surface area contributed by atoms with Gasteiger partial charge in [0, 0.05) is 18.2 Å². The Morgan fingerprint density at radius 3 is 2.71 bits per heavy atom. The van der Waals surface area contributed by atoms with Gasteiger partial charge in [0.15, 0.2) is 9.84 Å². The van der Waals surface area contributed by atoms with E-state index >= 15 is 0 Å². The molecule has 1 aliphatic heterocycles. The number of benzene rings is 1. The van der Waals surface area contributed by atoms with E-state index in [2.05, 4.69) is 5.32 Å². The van der Waals surface area contributed by atoms with Crippen molar-refractivity contribution in [3.63, 3.8) is 0 Å². The monoisotopic (exact) mass is 311 g/mol. The van der Waals surface area contributed by atoms with E-state index in [9.17, 15) is 13.5 Å². The summed E-state index contributed by atoms with van der Waals surface area (Å²) in [4.78, 5) is 0. The SMILES string of the molecule is Cc1ccc(OC2CS(=O)(=O)CC2O)c(CNC2CC2)c1. The van der Waals surface area contributed by atoms with Crippen molar-refractivity contribution in [2.45, 2.75) is 44.6 Å². The van der Waals surface area contributed by atoms with Crippen molar-refractivity contribution >= 4 is 9.84 Å². The predicted molar refractivity (Wildman–Crippen MR) is 80.1 cm³/mol. The summed E-state index contributed by atoms with van der Waals surface area (Å²) in [6, 6.07) is 6.43.